The molecule has 0 radical (unpaired) electrons. The first-order valence-electron chi connectivity index (χ1n) is 7.17. The Morgan fingerprint density at radius 2 is 1.81 bits per heavy atom. The van der Waals surface area contributed by atoms with Crippen LogP contribution in [-0.4, -0.2) is 28.7 Å². The smallest absolute Gasteiger partial charge is 0.134 e. The van der Waals surface area contributed by atoms with Crippen molar-refractivity contribution in [2.24, 2.45) is 0 Å². The number of rotatable bonds is 6. The van der Waals surface area contributed by atoms with Gasteiger partial charge in [0.2, 0.25) is 0 Å². The average Bonchev–Trinajstić information content (AvgIpc) is 2.54. The van der Waals surface area contributed by atoms with Crippen LogP contribution < -0.4 is 10.6 Å². The Kier molecular flexibility index (Phi) is 5.11. The Hall–Kier alpha value is -2.14. The first-order valence-corrected chi connectivity index (χ1v) is 7.17. The summed E-state index contributed by atoms with van der Waals surface area (Å²) in [4.78, 5) is 8.92. The van der Waals surface area contributed by atoms with E-state index in [2.05, 4.69) is 20.6 Å². The van der Waals surface area contributed by atoms with Crippen molar-refractivity contribution in [1.82, 2.24) is 9.97 Å². The van der Waals surface area contributed by atoms with E-state index in [0.717, 1.165) is 35.0 Å². The Balaban J connectivity index is 2.12. The molecule has 5 nitrogen and oxygen atoms in total. The molecule has 0 bridgehead atoms. The van der Waals surface area contributed by atoms with E-state index in [1.54, 1.807) is 0 Å². The van der Waals surface area contributed by atoms with E-state index in [-0.39, 0.29) is 0 Å². The normalized spacial score (nSPS) is 12.0. The molecule has 1 atom stereocenters. The van der Waals surface area contributed by atoms with Crippen molar-refractivity contribution in [1.29, 1.82) is 0 Å². The average molecular weight is 286 g/mol. The molecule has 0 saturated heterocycles. The van der Waals surface area contributed by atoms with Gasteiger partial charge < -0.3 is 15.7 Å². The molecule has 2 rings (SSSR count). The van der Waals surface area contributed by atoms with Crippen LogP contribution in [0.25, 0.3) is 0 Å². The zero-order valence-corrected chi connectivity index (χ0v) is 12.7. The third-order valence-corrected chi connectivity index (χ3v) is 3.39. The molecule has 112 valence electrons. The number of nitrogens with one attached hydrogen (secondary N) is 2. The van der Waals surface area contributed by atoms with Gasteiger partial charge >= 0.3 is 0 Å². The number of aryl methyl sites for hydroxylation is 1. The summed E-state index contributed by atoms with van der Waals surface area (Å²) in [6.07, 6.45) is 0.203. The third kappa shape index (κ3) is 3.70. The van der Waals surface area contributed by atoms with E-state index in [9.17, 15) is 5.11 Å². The van der Waals surface area contributed by atoms with E-state index in [0.29, 0.717) is 6.54 Å². The summed E-state index contributed by atoms with van der Waals surface area (Å²) in [6, 6.07) is 9.60. The molecule has 5 heteroatoms. The van der Waals surface area contributed by atoms with Crippen LogP contribution in [0.3, 0.4) is 0 Å². The van der Waals surface area contributed by atoms with Crippen molar-refractivity contribution >= 4 is 11.6 Å². The third-order valence-electron chi connectivity index (χ3n) is 3.39. The molecule has 0 aliphatic heterocycles. The fourth-order valence-electron chi connectivity index (χ4n) is 2.12. The predicted octanol–water partition coefficient (Wildman–Crippen LogP) is 2.53. The van der Waals surface area contributed by atoms with Gasteiger partial charge in [0.15, 0.2) is 0 Å². The Labute approximate surface area is 125 Å². The highest BCUT2D eigenvalue weighted by atomic mass is 16.3. The lowest BCUT2D eigenvalue weighted by molar-refractivity contribution is 0.191. The van der Waals surface area contributed by atoms with E-state index >= 15 is 0 Å². The second kappa shape index (κ2) is 7.04. The van der Waals surface area contributed by atoms with Gasteiger partial charge in [0.25, 0.3) is 0 Å². The lowest BCUT2D eigenvalue weighted by Gasteiger charge is -2.16. The first kappa shape index (κ1) is 15.3. The second-order valence-electron chi connectivity index (χ2n) is 4.87. The van der Waals surface area contributed by atoms with Crippen molar-refractivity contribution in [3.05, 3.63) is 47.3 Å². The monoisotopic (exact) mass is 286 g/mol. The lowest BCUT2D eigenvalue weighted by Crippen LogP contribution is -2.15. The highest BCUT2D eigenvalue weighted by molar-refractivity contribution is 5.57. The highest BCUT2D eigenvalue weighted by Gasteiger charge is 2.11. The van der Waals surface area contributed by atoms with Gasteiger partial charge in [-0.2, -0.15) is 0 Å². The molecule has 0 spiro atoms. The number of hydrogen-bond acceptors (Lipinski definition) is 5. The van der Waals surface area contributed by atoms with Gasteiger partial charge in [-0.25, -0.2) is 9.97 Å². The van der Waals surface area contributed by atoms with Crippen LogP contribution in [0.15, 0.2) is 30.3 Å². The molecule has 3 N–H and O–H groups in total. The number of benzene rings is 1. The van der Waals surface area contributed by atoms with Crippen molar-refractivity contribution in [3.8, 4) is 0 Å². The summed E-state index contributed by atoms with van der Waals surface area (Å²) >= 11 is 0. The molecule has 1 heterocycles. The second-order valence-corrected chi connectivity index (χ2v) is 4.87. The molecule has 0 saturated carbocycles. The highest BCUT2D eigenvalue weighted by Crippen LogP contribution is 2.21. The van der Waals surface area contributed by atoms with E-state index in [1.165, 1.54) is 0 Å². The molecule has 2 aromatic rings. The van der Waals surface area contributed by atoms with E-state index < -0.39 is 6.10 Å². The van der Waals surface area contributed by atoms with Gasteiger partial charge in [0, 0.05) is 25.6 Å². The fourth-order valence-corrected chi connectivity index (χ4v) is 2.12. The number of aromatic nitrogens is 2. The van der Waals surface area contributed by atoms with Gasteiger partial charge in [-0.15, -0.1) is 0 Å². The van der Waals surface area contributed by atoms with Crippen LogP contribution in [-0.2, 0) is 6.42 Å². The van der Waals surface area contributed by atoms with Crippen LogP contribution >= 0.6 is 0 Å². The van der Waals surface area contributed by atoms with Crippen LogP contribution in [0, 0.1) is 6.92 Å². The summed E-state index contributed by atoms with van der Waals surface area (Å²) in [5.74, 6) is 2.36. The number of aliphatic hydroxyl groups is 1. The van der Waals surface area contributed by atoms with Crippen LogP contribution in [0.2, 0.25) is 0 Å². The summed E-state index contributed by atoms with van der Waals surface area (Å²) < 4.78 is 0. The number of aliphatic hydroxyl groups excluding tert-OH is 1. The fraction of sp³-hybridized carbons (Fsp3) is 0.375. The van der Waals surface area contributed by atoms with Crippen LogP contribution in [0.1, 0.15) is 30.0 Å². The molecule has 1 aromatic carbocycles. The van der Waals surface area contributed by atoms with E-state index in [1.807, 2.05) is 51.2 Å². The Morgan fingerprint density at radius 3 is 2.43 bits per heavy atom. The minimum atomic E-state index is -0.566. The van der Waals surface area contributed by atoms with Gasteiger partial charge in [-0.1, -0.05) is 37.3 Å². The Bertz CT molecular complexity index is 586. The van der Waals surface area contributed by atoms with Crippen molar-refractivity contribution in [2.45, 2.75) is 26.4 Å². The van der Waals surface area contributed by atoms with Crippen molar-refractivity contribution < 1.29 is 5.11 Å². The summed E-state index contributed by atoms with van der Waals surface area (Å²) in [5.41, 5.74) is 1.84. The van der Waals surface area contributed by atoms with Gasteiger partial charge in [-0.05, 0) is 12.5 Å². The molecule has 0 aliphatic carbocycles. The largest absolute Gasteiger partial charge is 0.387 e. The quantitative estimate of drug-likeness (QED) is 0.761. The molecule has 0 fully saturated rings. The zero-order valence-electron chi connectivity index (χ0n) is 12.7. The standard InChI is InChI=1S/C16H22N4O/c1-4-14-19-15(17-3)11(2)16(20-14)18-10-13(21)12-8-6-5-7-9-12/h5-9,13,21H,4,10H2,1-3H3,(H2,17,18,19,20). The molecule has 21 heavy (non-hydrogen) atoms. The molecular formula is C16H22N4O. The Morgan fingerprint density at radius 1 is 1.14 bits per heavy atom. The zero-order chi connectivity index (χ0) is 15.2. The van der Waals surface area contributed by atoms with Crippen LogP contribution in [0.4, 0.5) is 11.6 Å². The summed E-state index contributed by atoms with van der Waals surface area (Å²) in [5, 5.41) is 16.5. The van der Waals surface area contributed by atoms with Crippen molar-refractivity contribution in [3.63, 3.8) is 0 Å². The maximum absolute atomic E-state index is 10.2. The maximum atomic E-state index is 10.2. The molecular weight excluding hydrogens is 264 g/mol. The van der Waals surface area contributed by atoms with Gasteiger partial charge in [-0.3, -0.25) is 0 Å². The molecule has 1 unspecified atom stereocenters. The summed E-state index contributed by atoms with van der Waals surface area (Å²) in [6.45, 7) is 4.39. The topological polar surface area (TPSA) is 70.1 Å². The number of hydrogen-bond donors (Lipinski definition) is 3. The maximum Gasteiger partial charge on any atom is 0.134 e. The predicted molar refractivity (Wildman–Crippen MR) is 85.6 cm³/mol. The molecule has 0 amide bonds. The summed E-state index contributed by atoms with van der Waals surface area (Å²) in [7, 11) is 1.84. The first-order chi connectivity index (χ1) is 10.2. The minimum absolute atomic E-state index is 0.411. The lowest BCUT2D eigenvalue weighted by atomic mass is 10.1. The van der Waals surface area contributed by atoms with Gasteiger partial charge in [0.05, 0.1) is 6.10 Å². The SMILES string of the molecule is CCc1nc(NC)c(C)c(NCC(O)c2ccccc2)n1. The molecule has 1 aromatic heterocycles. The van der Waals surface area contributed by atoms with Gasteiger partial charge in [0.1, 0.15) is 17.5 Å². The number of anilines is 2. The minimum Gasteiger partial charge on any atom is -0.387 e. The van der Waals surface area contributed by atoms with E-state index in [4.69, 9.17) is 0 Å². The number of nitrogens with zero attached hydrogens (tertiary/aromatic N) is 2. The van der Waals surface area contributed by atoms with Crippen molar-refractivity contribution in [2.75, 3.05) is 24.2 Å². The molecule has 0 aliphatic rings. The van der Waals surface area contributed by atoms with Crippen LogP contribution in [0.5, 0.6) is 0 Å².